The zero-order chi connectivity index (χ0) is 17.3. The monoisotopic (exact) mass is 375 g/mol. The Balaban J connectivity index is 1.56. The third kappa shape index (κ3) is 3.35. The van der Waals surface area contributed by atoms with Crippen molar-refractivity contribution in [1.82, 2.24) is 4.72 Å². The van der Waals surface area contributed by atoms with Crippen LogP contribution in [0, 0.1) is 0 Å². The molecule has 1 aliphatic heterocycles. The fourth-order valence-electron chi connectivity index (χ4n) is 2.93. The van der Waals surface area contributed by atoms with Gasteiger partial charge in [0, 0.05) is 17.8 Å². The second kappa shape index (κ2) is 6.67. The van der Waals surface area contributed by atoms with Crippen molar-refractivity contribution in [3.05, 3.63) is 70.3 Å². The van der Waals surface area contributed by atoms with Crippen LogP contribution in [-0.2, 0) is 16.4 Å². The van der Waals surface area contributed by atoms with Gasteiger partial charge in [-0.2, -0.15) is 0 Å². The van der Waals surface area contributed by atoms with Crippen molar-refractivity contribution in [3.8, 4) is 5.75 Å². The lowest BCUT2D eigenvalue weighted by Gasteiger charge is -2.15. The highest BCUT2D eigenvalue weighted by molar-refractivity contribution is 7.89. The van der Waals surface area contributed by atoms with Crippen molar-refractivity contribution in [3.63, 3.8) is 0 Å². The molecule has 1 N–H and O–H groups in total. The SMILES string of the molecule is O=S(=O)(NCC(c1ccco1)c1cccs1)c1ccc2c(c1)CCO2. The number of hydrogen-bond donors (Lipinski definition) is 1. The zero-order valence-electron chi connectivity index (χ0n) is 13.3. The van der Waals surface area contributed by atoms with Gasteiger partial charge in [-0.25, -0.2) is 13.1 Å². The van der Waals surface area contributed by atoms with E-state index < -0.39 is 10.0 Å². The average Bonchev–Trinajstić information content (AvgIpc) is 3.36. The molecule has 3 aromatic rings. The highest BCUT2D eigenvalue weighted by Gasteiger charge is 2.23. The van der Waals surface area contributed by atoms with Crippen LogP contribution in [0.1, 0.15) is 22.1 Å². The normalized spacial score (nSPS) is 14.9. The molecule has 1 aromatic carbocycles. The van der Waals surface area contributed by atoms with E-state index in [2.05, 4.69) is 4.72 Å². The lowest BCUT2D eigenvalue weighted by Crippen LogP contribution is -2.28. The molecule has 0 aliphatic carbocycles. The Morgan fingerprint density at radius 3 is 2.88 bits per heavy atom. The molecule has 1 unspecified atom stereocenters. The van der Waals surface area contributed by atoms with E-state index in [0.29, 0.717) is 6.61 Å². The Morgan fingerprint density at radius 1 is 1.20 bits per heavy atom. The molecule has 2 aromatic heterocycles. The quantitative estimate of drug-likeness (QED) is 0.717. The van der Waals surface area contributed by atoms with Crippen molar-refractivity contribution in [1.29, 1.82) is 0 Å². The molecule has 130 valence electrons. The van der Waals surface area contributed by atoms with Gasteiger partial charge in [-0.1, -0.05) is 6.07 Å². The predicted octanol–water partition coefficient (Wildman–Crippen LogP) is 3.39. The van der Waals surface area contributed by atoms with E-state index in [-0.39, 0.29) is 17.4 Å². The van der Waals surface area contributed by atoms with Gasteiger partial charge in [0.1, 0.15) is 11.5 Å². The van der Waals surface area contributed by atoms with Gasteiger partial charge in [-0.15, -0.1) is 11.3 Å². The Morgan fingerprint density at radius 2 is 2.12 bits per heavy atom. The first-order chi connectivity index (χ1) is 12.1. The van der Waals surface area contributed by atoms with E-state index in [4.69, 9.17) is 9.15 Å². The smallest absolute Gasteiger partial charge is 0.240 e. The summed E-state index contributed by atoms with van der Waals surface area (Å²) in [6.07, 6.45) is 2.34. The fraction of sp³-hybridized carbons (Fsp3) is 0.222. The van der Waals surface area contributed by atoms with Crippen LogP contribution in [0.25, 0.3) is 0 Å². The summed E-state index contributed by atoms with van der Waals surface area (Å²) in [5.41, 5.74) is 0.934. The molecule has 0 amide bonds. The number of thiophene rings is 1. The van der Waals surface area contributed by atoms with E-state index in [0.717, 1.165) is 28.4 Å². The molecule has 3 heterocycles. The molecule has 1 atom stereocenters. The second-order valence-corrected chi connectivity index (χ2v) is 8.55. The van der Waals surface area contributed by atoms with Crippen LogP contribution in [-0.4, -0.2) is 21.6 Å². The van der Waals surface area contributed by atoms with E-state index in [1.54, 1.807) is 35.8 Å². The topological polar surface area (TPSA) is 68.5 Å². The second-order valence-electron chi connectivity index (χ2n) is 5.80. The van der Waals surface area contributed by atoms with Gasteiger partial charge in [0.2, 0.25) is 10.0 Å². The van der Waals surface area contributed by atoms with Crippen LogP contribution in [0.3, 0.4) is 0 Å². The number of fused-ring (bicyclic) bond motifs is 1. The Labute approximate surface area is 150 Å². The number of ether oxygens (including phenoxy) is 1. The molecule has 0 spiro atoms. The molecule has 0 saturated carbocycles. The minimum Gasteiger partial charge on any atom is -0.493 e. The van der Waals surface area contributed by atoms with Crippen molar-refractivity contribution in [2.24, 2.45) is 0 Å². The van der Waals surface area contributed by atoms with Gasteiger partial charge >= 0.3 is 0 Å². The maximum atomic E-state index is 12.7. The van der Waals surface area contributed by atoms with Gasteiger partial charge in [0.05, 0.1) is 23.7 Å². The summed E-state index contributed by atoms with van der Waals surface area (Å²) in [5.74, 6) is 1.36. The van der Waals surface area contributed by atoms with E-state index >= 15 is 0 Å². The van der Waals surface area contributed by atoms with Crippen LogP contribution in [0.4, 0.5) is 0 Å². The van der Waals surface area contributed by atoms with Crippen LogP contribution in [0.15, 0.2) is 63.4 Å². The Hall–Kier alpha value is -2.09. The molecule has 0 bridgehead atoms. The lowest BCUT2D eigenvalue weighted by molar-refractivity contribution is 0.356. The molecular formula is C18H17NO4S2. The predicted molar refractivity (Wildman–Crippen MR) is 95.7 cm³/mol. The van der Waals surface area contributed by atoms with Crippen LogP contribution in [0.5, 0.6) is 5.75 Å². The van der Waals surface area contributed by atoms with Gasteiger partial charge in [0.25, 0.3) is 0 Å². The lowest BCUT2D eigenvalue weighted by atomic mass is 10.1. The van der Waals surface area contributed by atoms with E-state index in [1.807, 2.05) is 29.6 Å². The fourth-order valence-corrected chi connectivity index (χ4v) is 4.86. The molecule has 7 heteroatoms. The van der Waals surface area contributed by atoms with Crippen molar-refractivity contribution < 1.29 is 17.6 Å². The highest BCUT2D eigenvalue weighted by Crippen LogP contribution is 2.30. The Bertz CT molecular complexity index is 913. The number of hydrogen-bond acceptors (Lipinski definition) is 5. The van der Waals surface area contributed by atoms with Crippen molar-refractivity contribution in [2.45, 2.75) is 17.2 Å². The maximum absolute atomic E-state index is 12.7. The summed E-state index contributed by atoms with van der Waals surface area (Å²) in [5, 5.41) is 1.97. The molecule has 0 saturated heterocycles. The first kappa shape index (κ1) is 16.4. The van der Waals surface area contributed by atoms with Crippen molar-refractivity contribution in [2.75, 3.05) is 13.2 Å². The number of rotatable bonds is 6. The minimum absolute atomic E-state index is 0.150. The summed E-state index contributed by atoms with van der Waals surface area (Å²) >= 11 is 1.58. The number of furan rings is 1. The average molecular weight is 375 g/mol. The maximum Gasteiger partial charge on any atom is 0.240 e. The number of nitrogens with one attached hydrogen (secondary N) is 1. The largest absolute Gasteiger partial charge is 0.493 e. The molecular weight excluding hydrogens is 358 g/mol. The third-order valence-electron chi connectivity index (χ3n) is 4.22. The van der Waals surface area contributed by atoms with Gasteiger partial charge in [-0.05, 0) is 47.3 Å². The highest BCUT2D eigenvalue weighted by atomic mass is 32.2. The van der Waals surface area contributed by atoms with Gasteiger partial charge < -0.3 is 9.15 Å². The van der Waals surface area contributed by atoms with Crippen LogP contribution in [0.2, 0.25) is 0 Å². The third-order valence-corrected chi connectivity index (χ3v) is 6.63. The first-order valence-corrected chi connectivity index (χ1v) is 10.3. The van der Waals surface area contributed by atoms with Crippen LogP contribution < -0.4 is 9.46 Å². The molecule has 0 fully saturated rings. The van der Waals surface area contributed by atoms with Crippen LogP contribution >= 0.6 is 11.3 Å². The molecule has 1 aliphatic rings. The first-order valence-electron chi connectivity index (χ1n) is 7.96. The molecule has 5 nitrogen and oxygen atoms in total. The molecule has 4 rings (SSSR count). The summed E-state index contributed by atoms with van der Waals surface area (Å²) in [6.45, 7) is 0.842. The molecule has 0 radical (unpaired) electrons. The standard InChI is InChI=1S/C18H17NO4S2/c20-25(21,14-5-6-16-13(11-14)7-9-23-16)19-12-15(17-3-1-8-22-17)18-4-2-10-24-18/h1-6,8,10-11,15,19H,7,9,12H2. The zero-order valence-corrected chi connectivity index (χ0v) is 15.0. The number of sulfonamides is 1. The number of benzene rings is 1. The van der Waals surface area contributed by atoms with E-state index in [1.165, 1.54) is 0 Å². The summed E-state index contributed by atoms with van der Waals surface area (Å²) < 4.78 is 39.1. The van der Waals surface area contributed by atoms with Gasteiger partial charge in [0.15, 0.2) is 0 Å². The van der Waals surface area contributed by atoms with E-state index in [9.17, 15) is 8.42 Å². The summed E-state index contributed by atoms with van der Waals surface area (Å²) in [7, 11) is -3.60. The summed E-state index contributed by atoms with van der Waals surface area (Å²) in [4.78, 5) is 1.32. The van der Waals surface area contributed by atoms with Gasteiger partial charge in [-0.3, -0.25) is 0 Å². The summed E-state index contributed by atoms with van der Waals surface area (Å²) in [6, 6.07) is 12.6. The molecule has 25 heavy (non-hydrogen) atoms. The van der Waals surface area contributed by atoms with Crippen molar-refractivity contribution >= 4 is 21.4 Å². The minimum atomic E-state index is -3.60. The Kier molecular flexibility index (Phi) is 4.37.